The first-order valence-corrected chi connectivity index (χ1v) is 6.01. The van der Waals surface area contributed by atoms with Crippen molar-refractivity contribution >= 4 is 29.0 Å². The van der Waals surface area contributed by atoms with E-state index >= 15 is 0 Å². The fraction of sp³-hybridized carbons (Fsp3) is 0.600. The molecule has 88 valence electrons. The number of hydrogen-bond donors (Lipinski definition) is 0. The highest BCUT2D eigenvalue weighted by molar-refractivity contribution is 6.31. The maximum absolute atomic E-state index is 5.99. The molecule has 1 aromatic rings. The van der Waals surface area contributed by atoms with Crippen LogP contribution >= 0.6 is 23.2 Å². The number of ether oxygens (including phenoxy) is 1. The van der Waals surface area contributed by atoms with Gasteiger partial charge in [0, 0.05) is 19.2 Å². The summed E-state index contributed by atoms with van der Waals surface area (Å²) in [5.41, 5.74) is 0.778. The predicted octanol–water partition coefficient (Wildman–Crippen LogP) is 2.09. The highest BCUT2D eigenvalue weighted by atomic mass is 35.5. The van der Waals surface area contributed by atoms with E-state index in [1.807, 2.05) is 7.05 Å². The normalized spacial score (nSPS) is 20.1. The van der Waals surface area contributed by atoms with E-state index in [4.69, 9.17) is 27.9 Å². The van der Waals surface area contributed by atoms with Crippen LogP contribution in [0.3, 0.4) is 0 Å². The first kappa shape index (κ1) is 11.9. The molecule has 1 fully saturated rings. The van der Waals surface area contributed by atoms with Crippen molar-refractivity contribution < 1.29 is 4.74 Å². The van der Waals surface area contributed by atoms with Crippen LogP contribution in [0.2, 0.25) is 5.15 Å². The lowest BCUT2D eigenvalue weighted by Crippen LogP contribution is -2.33. The Morgan fingerprint density at radius 3 is 3.00 bits per heavy atom. The zero-order valence-corrected chi connectivity index (χ0v) is 10.5. The first-order valence-electron chi connectivity index (χ1n) is 5.10. The zero-order valence-electron chi connectivity index (χ0n) is 8.99. The largest absolute Gasteiger partial charge is 0.379 e. The third-order valence-corrected chi connectivity index (χ3v) is 3.38. The minimum atomic E-state index is 0.312. The van der Waals surface area contributed by atoms with Gasteiger partial charge >= 0.3 is 0 Å². The van der Waals surface area contributed by atoms with Crippen molar-refractivity contribution in [1.29, 1.82) is 0 Å². The molecular formula is C10H13Cl2N3O. The second kappa shape index (κ2) is 5.17. The van der Waals surface area contributed by atoms with Crippen molar-refractivity contribution in [1.82, 2.24) is 9.97 Å². The minimum Gasteiger partial charge on any atom is -0.379 e. The molecule has 16 heavy (non-hydrogen) atoms. The fourth-order valence-corrected chi connectivity index (χ4v) is 2.31. The Kier molecular flexibility index (Phi) is 3.84. The number of anilines is 1. The predicted molar refractivity (Wildman–Crippen MR) is 64.2 cm³/mol. The van der Waals surface area contributed by atoms with Crippen molar-refractivity contribution in [3.05, 3.63) is 17.0 Å². The minimum absolute atomic E-state index is 0.312. The zero-order chi connectivity index (χ0) is 11.5. The van der Waals surface area contributed by atoms with Crippen LogP contribution in [-0.4, -0.2) is 36.3 Å². The van der Waals surface area contributed by atoms with Gasteiger partial charge in [-0.3, -0.25) is 0 Å². The highest BCUT2D eigenvalue weighted by Crippen LogP contribution is 2.27. The van der Waals surface area contributed by atoms with E-state index in [1.54, 1.807) is 0 Å². The molecule has 1 aliphatic heterocycles. The van der Waals surface area contributed by atoms with Gasteiger partial charge in [-0.25, -0.2) is 9.97 Å². The summed E-state index contributed by atoms with van der Waals surface area (Å²) >= 11 is 11.9. The third kappa shape index (κ3) is 2.24. The molecule has 0 aliphatic carbocycles. The molecule has 2 rings (SSSR count). The van der Waals surface area contributed by atoms with Gasteiger partial charge in [-0.1, -0.05) is 11.6 Å². The lowest BCUT2D eigenvalue weighted by atomic mass is 10.2. The summed E-state index contributed by atoms with van der Waals surface area (Å²) in [5.74, 6) is 1.11. The van der Waals surface area contributed by atoms with Gasteiger partial charge in [0.05, 0.1) is 18.5 Å². The van der Waals surface area contributed by atoms with Gasteiger partial charge in [0.1, 0.15) is 17.3 Å². The molecule has 1 unspecified atom stereocenters. The Morgan fingerprint density at radius 1 is 1.56 bits per heavy atom. The molecule has 0 saturated carbocycles. The summed E-state index contributed by atoms with van der Waals surface area (Å²) in [5, 5.41) is 0.422. The number of rotatable bonds is 3. The molecular weight excluding hydrogens is 249 g/mol. The Labute approximate surface area is 105 Å². The molecule has 2 heterocycles. The van der Waals surface area contributed by atoms with Crippen LogP contribution in [-0.2, 0) is 10.6 Å². The van der Waals surface area contributed by atoms with Gasteiger partial charge in [-0.2, -0.15) is 0 Å². The van der Waals surface area contributed by atoms with E-state index in [-0.39, 0.29) is 0 Å². The van der Waals surface area contributed by atoms with E-state index in [2.05, 4.69) is 14.9 Å². The van der Waals surface area contributed by atoms with Crippen LogP contribution in [0.1, 0.15) is 12.0 Å². The lowest BCUT2D eigenvalue weighted by Gasteiger charge is -2.25. The van der Waals surface area contributed by atoms with Gasteiger partial charge < -0.3 is 9.64 Å². The lowest BCUT2D eigenvalue weighted by molar-refractivity contribution is 0.193. The average molecular weight is 262 g/mol. The standard InChI is InChI=1S/C10H13Cl2N3O/c1-15(7-2-3-16-5-7)10-8(4-11)9(12)13-6-14-10/h6-7H,2-5H2,1H3. The maximum atomic E-state index is 5.99. The summed E-state index contributed by atoms with van der Waals surface area (Å²) in [6.45, 7) is 1.52. The summed E-state index contributed by atoms with van der Waals surface area (Å²) in [6.07, 6.45) is 2.46. The van der Waals surface area contributed by atoms with Crippen LogP contribution in [0.25, 0.3) is 0 Å². The highest BCUT2D eigenvalue weighted by Gasteiger charge is 2.24. The second-order valence-electron chi connectivity index (χ2n) is 3.73. The van der Waals surface area contributed by atoms with E-state index < -0.39 is 0 Å². The smallest absolute Gasteiger partial charge is 0.138 e. The molecule has 0 aromatic carbocycles. The molecule has 6 heteroatoms. The van der Waals surface area contributed by atoms with Crippen molar-refractivity contribution in [2.75, 3.05) is 25.2 Å². The van der Waals surface area contributed by atoms with Gasteiger partial charge in [-0.05, 0) is 6.42 Å². The molecule has 0 radical (unpaired) electrons. The number of aromatic nitrogens is 2. The molecule has 1 aliphatic rings. The van der Waals surface area contributed by atoms with Gasteiger partial charge in [0.15, 0.2) is 0 Å². The number of hydrogen-bond acceptors (Lipinski definition) is 4. The Hall–Kier alpha value is -0.580. The van der Waals surface area contributed by atoms with Gasteiger partial charge in [0.2, 0.25) is 0 Å². The number of halogens is 2. The van der Waals surface area contributed by atoms with Gasteiger partial charge in [0.25, 0.3) is 0 Å². The van der Waals surface area contributed by atoms with Crippen molar-refractivity contribution in [2.45, 2.75) is 18.3 Å². The van der Waals surface area contributed by atoms with Crippen LogP contribution < -0.4 is 4.90 Å². The quantitative estimate of drug-likeness (QED) is 0.617. The molecule has 0 spiro atoms. The maximum Gasteiger partial charge on any atom is 0.138 e. The van der Waals surface area contributed by atoms with Crippen LogP contribution in [0.15, 0.2) is 6.33 Å². The van der Waals surface area contributed by atoms with Gasteiger partial charge in [-0.15, -0.1) is 11.6 Å². The van der Waals surface area contributed by atoms with E-state index in [0.29, 0.717) is 17.1 Å². The molecule has 1 saturated heterocycles. The number of alkyl halides is 1. The monoisotopic (exact) mass is 261 g/mol. The van der Waals surface area contributed by atoms with Crippen LogP contribution in [0.4, 0.5) is 5.82 Å². The summed E-state index contributed by atoms with van der Waals surface area (Å²) < 4.78 is 5.35. The molecule has 1 atom stereocenters. The summed E-state index contributed by atoms with van der Waals surface area (Å²) in [6, 6.07) is 0.341. The number of nitrogens with zero attached hydrogens (tertiary/aromatic N) is 3. The second-order valence-corrected chi connectivity index (χ2v) is 4.35. The molecule has 0 amide bonds. The number of likely N-dealkylation sites (N-methyl/N-ethyl adjacent to an activating group) is 1. The van der Waals surface area contributed by atoms with Crippen LogP contribution in [0.5, 0.6) is 0 Å². The SMILES string of the molecule is CN(c1ncnc(Cl)c1CCl)C1CCOC1. The fourth-order valence-electron chi connectivity index (χ4n) is 1.80. The molecule has 4 nitrogen and oxygen atoms in total. The first-order chi connectivity index (χ1) is 7.74. The Balaban J connectivity index is 2.27. The van der Waals surface area contributed by atoms with E-state index in [9.17, 15) is 0 Å². The average Bonchev–Trinajstić information content (AvgIpc) is 2.81. The van der Waals surface area contributed by atoms with Crippen molar-refractivity contribution in [2.24, 2.45) is 0 Å². The Morgan fingerprint density at radius 2 is 2.38 bits per heavy atom. The van der Waals surface area contributed by atoms with E-state index in [0.717, 1.165) is 31.0 Å². The molecule has 0 N–H and O–H groups in total. The molecule has 0 bridgehead atoms. The Bertz CT molecular complexity index is 369. The topological polar surface area (TPSA) is 38.2 Å². The van der Waals surface area contributed by atoms with E-state index in [1.165, 1.54) is 6.33 Å². The van der Waals surface area contributed by atoms with Crippen LogP contribution in [0, 0.1) is 0 Å². The van der Waals surface area contributed by atoms with Crippen molar-refractivity contribution in [3.8, 4) is 0 Å². The van der Waals surface area contributed by atoms with Crippen molar-refractivity contribution in [3.63, 3.8) is 0 Å². The summed E-state index contributed by atoms with van der Waals surface area (Å²) in [4.78, 5) is 10.2. The molecule has 1 aromatic heterocycles. The summed E-state index contributed by atoms with van der Waals surface area (Å²) in [7, 11) is 1.98. The third-order valence-electron chi connectivity index (χ3n) is 2.79.